The molecule has 1 aliphatic rings. The predicted octanol–water partition coefficient (Wildman–Crippen LogP) is 3.40. The Labute approximate surface area is 211 Å². The number of hydrogen-bond donors (Lipinski definition) is 1. The van der Waals surface area contributed by atoms with E-state index in [-0.39, 0.29) is 17.9 Å². The number of pyridine rings is 1. The normalized spacial score (nSPS) is 17.9. The fraction of sp³-hybridized carbons (Fsp3) is 0.259. The summed E-state index contributed by atoms with van der Waals surface area (Å²) in [6, 6.07) is 16.3. The van der Waals surface area contributed by atoms with Crippen LogP contribution in [0.25, 0.3) is 10.9 Å². The van der Waals surface area contributed by atoms with Gasteiger partial charge in [-0.3, -0.25) is 19.1 Å². The molecule has 0 unspecified atom stereocenters. The van der Waals surface area contributed by atoms with Crippen molar-refractivity contribution >= 4 is 28.4 Å². The second-order valence-corrected chi connectivity index (χ2v) is 9.32. The van der Waals surface area contributed by atoms with Crippen molar-refractivity contribution in [1.82, 2.24) is 19.7 Å². The molecular weight excluding hydrogens is 480 g/mol. The Morgan fingerprint density at radius 1 is 1.11 bits per heavy atom. The fourth-order valence-electron chi connectivity index (χ4n) is 4.76. The Morgan fingerprint density at radius 2 is 1.86 bits per heavy atom. The molecule has 0 radical (unpaired) electrons. The highest BCUT2D eigenvalue weighted by Crippen LogP contribution is 2.38. The Kier molecular flexibility index (Phi) is 6.10. The lowest BCUT2D eigenvalue weighted by Gasteiger charge is -2.29. The molecule has 1 N–H and O–H groups in total. The van der Waals surface area contributed by atoms with Crippen molar-refractivity contribution in [1.29, 1.82) is 0 Å². The van der Waals surface area contributed by atoms with E-state index in [4.69, 9.17) is 0 Å². The number of aryl methyl sites for hydroxylation is 1. The number of amides is 2. The number of fused-ring (bicyclic) bond motifs is 1. The first kappa shape index (κ1) is 24.4. The molecule has 4 aromatic rings. The maximum atomic E-state index is 13.7. The fourth-order valence-corrected chi connectivity index (χ4v) is 4.76. The Bertz CT molecular complexity index is 1540. The first-order valence-corrected chi connectivity index (χ1v) is 11.8. The summed E-state index contributed by atoms with van der Waals surface area (Å²) in [5, 5.41) is 7.64. The molecule has 2 amide bonds. The summed E-state index contributed by atoms with van der Waals surface area (Å²) in [7, 11) is 1.69. The molecule has 8 nitrogen and oxygen atoms in total. The van der Waals surface area contributed by atoms with E-state index in [1.165, 1.54) is 10.6 Å². The molecule has 5 rings (SSSR count). The number of halogens is 2. The van der Waals surface area contributed by atoms with Gasteiger partial charge in [-0.15, -0.1) is 0 Å². The number of rotatable bonds is 6. The van der Waals surface area contributed by atoms with E-state index in [1.54, 1.807) is 53.3 Å². The van der Waals surface area contributed by atoms with E-state index in [2.05, 4.69) is 10.4 Å². The van der Waals surface area contributed by atoms with Crippen LogP contribution < -0.4 is 15.8 Å². The minimum Gasteiger partial charge on any atom is -0.345 e. The van der Waals surface area contributed by atoms with Crippen molar-refractivity contribution in [3.05, 3.63) is 94.5 Å². The van der Waals surface area contributed by atoms with Crippen LogP contribution in [0.5, 0.6) is 0 Å². The second-order valence-electron chi connectivity index (χ2n) is 9.32. The molecule has 0 saturated carbocycles. The number of carbonyl (C=O) groups is 2. The first-order chi connectivity index (χ1) is 17.6. The van der Waals surface area contributed by atoms with Crippen molar-refractivity contribution in [2.45, 2.75) is 37.9 Å². The second kappa shape index (κ2) is 9.27. The first-order valence-electron chi connectivity index (χ1n) is 11.8. The van der Waals surface area contributed by atoms with Crippen LogP contribution in [0.1, 0.15) is 30.5 Å². The van der Waals surface area contributed by atoms with E-state index in [0.29, 0.717) is 19.2 Å². The van der Waals surface area contributed by atoms with Gasteiger partial charge in [0.15, 0.2) is 0 Å². The summed E-state index contributed by atoms with van der Waals surface area (Å²) in [4.78, 5) is 38.5. The maximum absolute atomic E-state index is 13.7. The molecule has 1 fully saturated rings. The number of alkyl halides is 2. The van der Waals surface area contributed by atoms with Crippen molar-refractivity contribution in [2.75, 3.05) is 4.90 Å². The Hall–Kier alpha value is -4.34. The van der Waals surface area contributed by atoms with E-state index in [9.17, 15) is 23.2 Å². The third kappa shape index (κ3) is 4.74. The molecule has 0 bridgehead atoms. The monoisotopic (exact) mass is 505 g/mol. The van der Waals surface area contributed by atoms with Crippen LogP contribution in [-0.2, 0) is 23.2 Å². The van der Waals surface area contributed by atoms with E-state index >= 15 is 0 Å². The minimum absolute atomic E-state index is 0.0980. The number of anilines is 1. The summed E-state index contributed by atoms with van der Waals surface area (Å²) >= 11 is 0. The maximum Gasteiger partial charge on any atom is 0.321 e. The number of benzene rings is 2. The number of hydrogen-bond acceptors (Lipinski definition) is 4. The minimum atomic E-state index is -3.56. The summed E-state index contributed by atoms with van der Waals surface area (Å²) in [6.07, 6.45) is 3.34. The van der Waals surface area contributed by atoms with Gasteiger partial charge in [0.2, 0.25) is 11.5 Å². The predicted molar refractivity (Wildman–Crippen MR) is 134 cm³/mol. The molecule has 1 saturated heterocycles. The average molecular weight is 506 g/mol. The Morgan fingerprint density at radius 3 is 2.57 bits per heavy atom. The zero-order valence-corrected chi connectivity index (χ0v) is 20.3. The van der Waals surface area contributed by atoms with Gasteiger partial charge in [-0.25, -0.2) is 0 Å². The van der Waals surface area contributed by atoms with Crippen molar-refractivity contribution in [2.24, 2.45) is 7.05 Å². The molecular formula is C27H25F2N5O3. The van der Waals surface area contributed by atoms with Gasteiger partial charge >= 0.3 is 5.92 Å². The highest BCUT2D eigenvalue weighted by Gasteiger charge is 2.45. The highest BCUT2D eigenvalue weighted by atomic mass is 19.3. The molecule has 3 heterocycles. The molecule has 37 heavy (non-hydrogen) atoms. The van der Waals surface area contributed by atoms with Gasteiger partial charge in [0, 0.05) is 43.7 Å². The SMILES string of the molecule is Cn1cc(Cn2ncc3cc(N4C(=O)C[C@@H](NC(=O)C(C)(F)F)[C@@H]4c4ccccc4)ccc32)ccc1=O. The van der Waals surface area contributed by atoms with Gasteiger partial charge < -0.3 is 14.8 Å². The third-order valence-electron chi connectivity index (χ3n) is 6.56. The zero-order valence-electron chi connectivity index (χ0n) is 20.3. The number of carbonyl (C=O) groups excluding carboxylic acids is 2. The average Bonchev–Trinajstić information content (AvgIpc) is 3.41. The van der Waals surface area contributed by atoms with Gasteiger partial charge in [-0.1, -0.05) is 36.4 Å². The van der Waals surface area contributed by atoms with E-state index in [1.807, 2.05) is 30.3 Å². The van der Waals surface area contributed by atoms with Gasteiger partial charge in [0.1, 0.15) is 0 Å². The molecule has 10 heteroatoms. The van der Waals surface area contributed by atoms with Crippen LogP contribution in [-0.4, -0.2) is 38.1 Å². The van der Waals surface area contributed by atoms with Crippen LogP contribution in [0, 0.1) is 0 Å². The molecule has 190 valence electrons. The molecule has 0 spiro atoms. The summed E-state index contributed by atoms with van der Waals surface area (Å²) in [5.74, 6) is -5.25. The molecule has 0 aliphatic carbocycles. The van der Waals surface area contributed by atoms with Crippen LogP contribution in [0.15, 0.2) is 77.9 Å². The quantitative estimate of drug-likeness (QED) is 0.435. The number of aromatic nitrogens is 3. The lowest BCUT2D eigenvalue weighted by Crippen LogP contribution is -2.46. The zero-order chi connectivity index (χ0) is 26.3. The van der Waals surface area contributed by atoms with E-state index < -0.39 is 23.9 Å². The van der Waals surface area contributed by atoms with Crippen LogP contribution >= 0.6 is 0 Å². The number of nitrogens with zero attached hydrogens (tertiary/aromatic N) is 4. The van der Waals surface area contributed by atoms with Crippen LogP contribution in [0.4, 0.5) is 14.5 Å². The van der Waals surface area contributed by atoms with Gasteiger partial charge in [-0.2, -0.15) is 13.9 Å². The smallest absolute Gasteiger partial charge is 0.321 e. The van der Waals surface area contributed by atoms with Crippen molar-refractivity contribution in [3.63, 3.8) is 0 Å². The molecule has 1 aliphatic heterocycles. The molecule has 2 aromatic heterocycles. The summed E-state index contributed by atoms with van der Waals surface area (Å²) in [6.45, 7) is 0.987. The van der Waals surface area contributed by atoms with Crippen LogP contribution in [0.2, 0.25) is 0 Å². The standard InChI is InChI=1S/C27H25F2N5O3/c1-27(28,29)26(37)31-21-13-24(36)34(25(21)18-6-4-3-5-7-18)20-9-10-22-19(12-20)14-30-33(22)16-17-8-11-23(35)32(2)15-17/h3-12,14-15,21,25H,13,16H2,1-2H3,(H,31,37)/t21-,25+/m1/s1. The summed E-state index contributed by atoms with van der Waals surface area (Å²) < 4.78 is 30.6. The van der Waals surface area contributed by atoms with Gasteiger partial charge in [0.05, 0.1) is 30.3 Å². The highest BCUT2D eigenvalue weighted by molar-refractivity contribution is 6.00. The lowest BCUT2D eigenvalue weighted by molar-refractivity contribution is -0.143. The van der Waals surface area contributed by atoms with Gasteiger partial charge in [-0.05, 0) is 29.3 Å². The third-order valence-corrected chi connectivity index (χ3v) is 6.56. The molecule has 2 atom stereocenters. The lowest BCUT2D eigenvalue weighted by atomic mass is 9.99. The van der Waals surface area contributed by atoms with Crippen molar-refractivity contribution in [3.8, 4) is 0 Å². The molecule has 2 aromatic carbocycles. The van der Waals surface area contributed by atoms with Gasteiger partial charge in [0.25, 0.3) is 5.91 Å². The van der Waals surface area contributed by atoms with Crippen LogP contribution in [0.3, 0.4) is 0 Å². The largest absolute Gasteiger partial charge is 0.345 e. The number of nitrogens with one attached hydrogen (secondary N) is 1. The topological polar surface area (TPSA) is 89.2 Å². The Balaban J connectivity index is 1.49. The van der Waals surface area contributed by atoms with E-state index in [0.717, 1.165) is 22.0 Å². The van der Waals surface area contributed by atoms with Crippen molar-refractivity contribution < 1.29 is 18.4 Å². The summed E-state index contributed by atoms with van der Waals surface area (Å²) in [5.41, 5.74) is 2.94.